The number of likely N-dealkylation sites (tertiary alicyclic amines) is 1. The van der Waals surface area contributed by atoms with Crippen molar-refractivity contribution in [2.75, 3.05) is 19.6 Å². The van der Waals surface area contributed by atoms with Gasteiger partial charge in [0.1, 0.15) is 0 Å². The van der Waals surface area contributed by atoms with Crippen LogP contribution < -0.4 is 5.32 Å². The zero-order valence-corrected chi connectivity index (χ0v) is 10.2. The van der Waals surface area contributed by atoms with Crippen molar-refractivity contribution in [2.24, 2.45) is 0 Å². The van der Waals surface area contributed by atoms with Gasteiger partial charge in [-0.05, 0) is 38.8 Å². The minimum Gasteiger partial charge on any atom is -0.315 e. The average Bonchev–Trinajstić information content (AvgIpc) is 2.75. The second-order valence-corrected chi connectivity index (χ2v) is 5.13. The minimum absolute atomic E-state index is 0.841. The van der Waals surface area contributed by atoms with E-state index in [1.165, 1.54) is 58.0 Å². The molecule has 1 unspecified atom stereocenters. The van der Waals surface area contributed by atoms with Crippen LogP contribution in [0.5, 0.6) is 0 Å². The Bertz CT molecular complexity index is 175. The third kappa shape index (κ3) is 2.94. The predicted molar refractivity (Wildman–Crippen MR) is 65.1 cm³/mol. The molecule has 2 aliphatic rings. The summed E-state index contributed by atoms with van der Waals surface area (Å²) in [5.74, 6) is 0. The summed E-state index contributed by atoms with van der Waals surface area (Å²) in [5, 5.41) is 3.52. The second-order valence-electron chi connectivity index (χ2n) is 5.13. The maximum atomic E-state index is 3.52. The first-order valence-electron chi connectivity index (χ1n) is 6.88. The number of nitrogens with zero attached hydrogens (tertiary/aromatic N) is 1. The lowest BCUT2D eigenvalue weighted by atomic mass is 9.94. The molecule has 1 aliphatic carbocycles. The van der Waals surface area contributed by atoms with Crippen LogP contribution in [0.1, 0.15) is 51.9 Å². The Balaban J connectivity index is 1.82. The molecule has 1 atom stereocenters. The molecule has 0 aromatic carbocycles. The van der Waals surface area contributed by atoms with E-state index in [-0.39, 0.29) is 0 Å². The van der Waals surface area contributed by atoms with Crippen molar-refractivity contribution in [2.45, 2.75) is 64.0 Å². The predicted octanol–water partition coefficient (Wildman–Crippen LogP) is 2.39. The molecule has 2 heteroatoms. The molecular weight excluding hydrogens is 184 g/mol. The fraction of sp³-hybridized carbons (Fsp3) is 1.00. The number of rotatable bonds is 4. The Labute approximate surface area is 94.4 Å². The molecule has 0 spiro atoms. The van der Waals surface area contributed by atoms with Gasteiger partial charge in [0, 0.05) is 18.6 Å². The highest BCUT2D eigenvalue weighted by Gasteiger charge is 2.30. The van der Waals surface area contributed by atoms with Gasteiger partial charge in [0.2, 0.25) is 0 Å². The summed E-state index contributed by atoms with van der Waals surface area (Å²) in [6, 6.07) is 1.76. The van der Waals surface area contributed by atoms with E-state index in [0.29, 0.717) is 0 Å². The van der Waals surface area contributed by atoms with E-state index < -0.39 is 0 Å². The maximum Gasteiger partial charge on any atom is 0.0224 e. The third-order valence-corrected chi connectivity index (χ3v) is 4.10. The van der Waals surface area contributed by atoms with Crippen LogP contribution in [0.2, 0.25) is 0 Å². The Morgan fingerprint density at radius 3 is 2.60 bits per heavy atom. The van der Waals surface area contributed by atoms with Crippen molar-refractivity contribution in [1.29, 1.82) is 0 Å². The Hall–Kier alpha value is -0.0800. The highest BCUT2D eigenvalue weighted by Crippen LogP contribution is 2.28. The number of hydrogen-bond acceptors (Lipinski definition) is 2. The van der Waals surface area contributed by atoms with Gasteiger partial charge in [0.05, 0.1) is 0 Å². The van der Waals surface area contributed by atoms with Crippen LogP contribution in [0.25, 0.3) is 0 Å². The van der Waals surface area contributed by atoms with Gasteiger partial charge < -0.3 is 5.32 Å². The Kier molecular flexibility index (Phi) is 4.45. The van der Waals surface area contributed by atoms with Crippen LogP contribution >= 0.6 is 0 Å². The molecule has 1 saturated heterocycles. The van der Waals surface area contributed by atoms with Gasteiger partial charge >= 0.3 is 0 Å². The lowest BCUT2D eigenvalue weighted by Gasteiger charge is -2.35. The largest absolute Gasteiger partial charge is 0.315 e. The highest BCUT2D eigenvalue weighted by molar-refractivity contribution is 4.87. The van der Waals surface area contributed by atoms with E-state index in [1.54, 1.807) is 0 Å². The van der Waals surface area contributed by atoms with Gasteiger partial charge in [0.15, 0.2) is 0 Å². The minimum atomic E-state index is 0.841. The zero-order chi connectivity index (χ0) is 10.5. The topological polar surface area (TPSA) is 15.3 Å². The first-order chi connectivity index (χ1) is 7.42. The van der Waals surface area contributed by atoms with Crippen LogP contribution in [0.3, 0.4) is 0 Å². The van der Waals surface area contributed by atoms with Gasteiger partial charge in [-0.25, -0.2) is 0 Å². The highest BCUT2D eigenvalue weighted by atomic mass is 15.2. The number of likely N-dealkylation sites (N-methyl/N-ethyl adjacent to an activating group) is 1. The van der Waals surface area contributed by atoms with Gasteiger partial charge in [-0.1, -0.05) is 26.2 Å². The molecule has 0 bridgehead atoms. The lowest BCUT2D eigenvalue weighted by molar-refractivity contribution is 0.140. The summed E-state index contributed by atoms with van der Waals surface area (Å²) in [4.78, 5) is 2.81. The zero-order valence-electron chi connectivity index (χ0n) is 10.2. The molecule has 2 rings (SSSR count). The molecule has 0 aromatic rings. The maximum absolute atomic E-state index is 3.52. The average molecular weight is 210 g/mol. The van der Waals surface area contributed by atoms with Crippen molar-refractivity contribution in [3.05, 3.63) is 0 Å². The van der Waals surface area contributed by atoms with Crippen molar-refractivity contribution < 1.29 is 0 Å². The standard InChI is InChI=1S/C13H26N2/c1-2-14-11-13-9-6-10-15(13)12-7-4-3-5-8-12/h12-14H,2-11H2,1H3. The SMILES string of the molecule is CCNCC1CCCN1C1CCCCC1. The molecule has 1 N–H and O–H groups in total. The summed E-state index contributed by atoms with van der Waals surface area (Å²) >= 11 is 0. The molecule has 0 amide bonds. The molecule has 2 nitrogen and oxygen atoms in total. The van der Waals surface area contributed by atoms with Crippen molar-refractivity contribution in [3.8, 4) is 0 Å². The van der Waals surface area contributed by atoms with Crippen LogP contribution in [0.15, 0.2) is 0 Å². The van der Waals surface area contributed by atoms with Gasteiger partial charge in [-0.15, -0.1) is 0 Å². The molecule has 1 aliphatic heterocycles. The first-order valence-corrected chi connectivity index (χ1v) is 6.88. The summed E-state index contributed by atoms with van der Waals surface area (Å²) in [7, 11) is 0. The summed E-state index contributed by atoms with van der Waals surface area (Å²) in [5.41, 5.74) is 0. The van der Waals surface area contributed by atoms with Gasteiger partial charge in [0.25, 0.3) is 0 Å². The van der Waals surface area contributed by atoms with E-state index in [4.69, 9.17) is 0 Å². The lowest BCUT2D eigenvalue weighted by Crippen LogP contribution is -2.44. The molecule has 1 saturated carbocycles. The van der Waals surface area contributed by atoms with E-state index in [0.717, 1.165) is 18.6 Å². The Morgan fingerprint density at radius 1 is 1.07 bits per heavy atom. The van der Waals surface area contributed by atoms with Crippen LogP contribution in [0, 0.1) is 0 Å². The molecule has 15 heavy (non-hydrogen) atoms. The van der Waals surface area contributed by atoms with E-state index in [9.17, 15) is 0 Å². The molecule has 88 valence electrons. The van der Waals surface area contributed by atoms with Crippen molar-refractivity contribution >= 4 is 0 Å². The number of hydrogen-bond donors (Lipinski definition) is 1. The van der Waals surface area contributed by atoms with Gasteiger partial charge in [-0.3, -0.25) is 4.90 Å². The molecule has 1 heterocycles. The molecule has 0 aromatic heterocycles. The van der Waals surface area contributed by atoms with Crippen LogP contribution in [-0.2, 0) is 0 Å². The summed E-state index contributed by atoms with van der Waals surface area (Å²) < 4.78 is 0. The molecule has 2 fully saturated rings. The second kappa shape index (κ2) is 5.86. The van der Waals surface area contributed by atoms with E-state index in [1.807, 2.05) is 0 Å². The number of nitrogens with one attached hydrogen (secondary N) is 1. The first kappa shape index (κ1) is 11.4. The summed E-state index contributed by atoms with van der Waals surface area (Å²) in [6.45, 7) is 5.91. The molecule has 0 radical (unpaired) electrons. The fourth-order valence-electron chi connectivity index (χ4n) is 3.28. The van der Waals surface area contributed by atoms with Crippen molar-refractivity contribution in [3.63, 3.8) is 0 Å². The van der Waals surface area contributed by atoms with Gasteiger partial charge in [-0.2, -0.15) is 0 Å². The van der Waals surface area contributed by atoms with Crippen molar-refractivity contribution in [1.82, 2.24) is 10.2 Å². The quantitative estimate of drug-likeness (QED) is 0.766. The smallest absolute Gasteiger partial charge is 0.0224 e. The van der Waals surface area contributed by atoms with Crippen LogP contribution in [0.4, 0.5) is 0 Å². The third-order valence-electron chi connectivity index (χ3n) is 4.10. The fourth-order valence-corrected chi connectivity index (χ4v) is 3.28. The van der Waals surface area contributed by atoms with Crippen LogP contribution in [-0.4, -0.2) is 36.6 Å². The monoisotopic (exact) mass is 210 g/mol. The summed E-state index contributed by atoms with van der Waals surface area (Å²) in [6.07, 6.45) is 10.2. The van der Waals surface area contributed by atoms with E-state index >= 15 is 0 Å². The molecular formula is C13H26N2. The normalized spacial score (nSPS) is 29.8. The van der Waals surface area contributed by atoms with E-state index in [2.05, 4.69) is 17.1 Å². The Morgan fingerprint density at radius 2 is 1.87 bits per heavy atom.